The first-order valence-electron chi connectivity index (χ1n) is 4.86. The van der Waals surface area contributed by atoms with E-state index in [-0.39, 0.29) is 11.9 Å². The van der Waals surface area contributed by atoms with Gasteiger partial charge in [0, 0.05) is 0 Å². The molecular formula is C11H8FIN2O. The molecule has 1 unspecified atom stereocenters. The maximum atomic E-state index is 13.2. The molecule has 0 spiro atoms. The van der Waals surface area contributed by atoms with E-state index < -0.39 is 0 Å². The first-order chi connectivity index (χ1) is 7.75. The zero-order valence-electron chi connectivity index (χ0n) is 8.23. The highest BCUT2D eigenvalue weighted by molar-refractivity contribution is 14.1. The first kappa shape index (κ1) is 10.1. The summed E-state index contributed by atoms with van der Waals surface area (Å²) in [4.78, 5) is 4.13. The Labute approximate surface area is 105 Å². The summed E-state index contributed by atoms with van der Waals surface area (Å²) in [5.74, 6) is -0.221. The fourth-order valence-electron chi connectivity index (χ4n) is 1.90. The van der Waals surface area contributed by atoms with Gasteiger partial charge in [0.1, 0.15) is 16.1 Å². The van der Waals surface area contributed by atoms with Crippen molar-refractivity contribution in [3.05, 3.63) is 45.5 Å². The monoisotopic (exact) mass is 330 g/mol. The van der Waals surface area contributed by atoms with Gasteiger partial charge in [-0.2, -0.15) is 0 Å². The minimum atomic E-state index is -0.221. The Morgan fingerprint density at radius 2 is 2.38 bits per heavy atom. The molecule has 0 amide bonds. The van der Waals surface area contributed by atoms with E-state index in [9.17, 15) is 4.39 Å². The molecule has 16 heavy (non-hydrogen) atoms. The molecule has 5 heteroatoms. The predicted molar refractivity (Wildman–Crippen MR) is 65.0 cm³/mol. The molecule has 0 saturated heterocycles. The van der Waals surface area contributed by atoms with Gasteiger partial charge in [-0.05, 0) is 40.3 Å². The quantitative estimate of drug-likeness (QED) is 0.752. The summed E-state index contributed by atoms with van der Waals surface area (Å²) in [6.07, 6.45) is 1.75. The van der Waals surface area contributed by atoms with Crippen LogP contribution in [0.25, 0.3) is 0 Å². The molecule has 1 aromatic carbocycles. The largest absolute Gasteiger partial charge is 0.462 e. The van der Waals surface area contributed by atoms with E-state index in [1.165, 1.54) is 6.07 Å². The van der Waals surface area contributed by atoms with Gasteiger partial charge >= 0.3 is 0 Å². The number of imidazole rings is 1. The van der Waals surface area contributed by atoms with Gasteiger partial charge in [0.15, 0.2) is 0 Å². The average Bonchev–Trinajstić information content (AvgIpc) is 2.82. The van der Waals surface area contributed by atoms with Crippen LogP contribution in [0.4, 0.5) is 4.39 Å². The smallest absolute Gasteiger partial charge is 0.297 e. The van der Waals surface area contributed by atoms with Crippen molar-refractivity contribution in [1.29, 1.82) is 0 Å². The lowest BCUT2D eigenvalue weighted by Gasteiger charge is -2.11. The molecule has 3 nitrogen and oxygen atoms in total. The van der Waals surface area contributed by atoms with Crippen molar-refractivity contribution in [2.75, 3.05) is 6.61 Å². The van der Waals surface area contributed by atoms with Gasteiger partial charge in [0.2, 0.25) is 0 Å². The molecular weight excluding hydrogens is 322 g/mol. The van der Waals surface area contributed by atoms with Crippen LogP contribution in [0.1, 0.15) is 11.6 Å². The number of aromatic nitrogens is 2. The van der Waals surface area contributed by atoms with E-state index in [2.05, 4.69) is 27.6 Å². The van der Waals surface area contributed by atoms with Crippen molar-refractivity contribution in [2.24, 2.45) is 0 Å². The number of benzene rings is 1. The summed E-state index contributed by atoms with van der Waals surface area (Å²) in [5.41, 5.74) is 0.912. The van der Waals surface area contributed by atoms with Gasteiger partial charge in [-0.1, -0.05) is 12.1 Å². The van der Waals surface area contributed by atoms with Gasteiger partial charge in [0.25, 0.3) is 6.01 Å². The molecule has 2 heterocycles. The summed E-state index contributed by atoms with van der Waals surface area (Å²) in [5, 5.41) is 0. The van der Waals surface area contributed by atoms with E-state index in [1.54, 1.807) is 18.3 Å². The minimum Gasteiger partial charge on any atom is -0.462 e. The normalized spacial score (nSPS) is 18.2. The standard InChI is InChI=1S/C11H8FIN2O/c12-8-3-1-2-7(4-8)9-6-16-11-14-5-10(13)15(9)11/h1-5,9H,6H2. The number of hydrogen-bond donors (Lipinski definition) is 0. The summed E-state index contributed by atoms with van der Waals surface area (Å²) in [6, 6.07) is 7.24. The van der Waals surface area contributed by atoms with E-state index in [0.29, 0.717) is 12.6 Å². The van der Waals surface area contributed by atoms with Gasteiger partial charge in [0.05, 0.1) is 12.2 Å². The summed E-state index contributed by atoms with van der Waals surface area (Å²) < 4.78 is 21.6. The Morgan fingerprint density at radius 1 is 1.50 bits per heavy atom. The number of nitrogens with zero attached hydrogens (tertiary/aromatic N) is 2. The van der Waals surface area contributed by atoms with Crippen molar-refractivity contribution >= 4 is 22.6 Å². The summed E-state index contributed by atoms with van der Waals surface area (Å²) >= 11 is 2.20. The number of halogens is 2. The number of ether oxygens (including phenoxy) is 1. The highest BCUT2D eigenvalue weighted by Crippen LogP contribution is 2.32. The lowest BCUT2D eigenvalue weighted by Crippen LogP contribution is -2.10. The summed E-state index contributed by atoms with van der Waals surface area (Å²) in [6.45, 7) is 0.516. The van der Waals surface area contributed by atoms with Crippen LogP contribution in [0.2, 0.25) is 0 Å². The molecule has 1 aliphatic heterocycles. The average molecular weight is 330 g/mol. The van der Waals surface area contributed by atoms with Crippen molar-refractivity contribution in [1.82, 2.24) is 9.55 Å². The fraction of sp³-hybridized carbons (Fsp3) is 0.182. The van der Waals surface area contributed by atoms with Crippen LogP contribution in [-0.2, 0) is 0 Å². The SMILES string of the molecule is Fc1cccc(C2COc3ncc(I)n32)c1. The molecule has 82 valence electrons. The number of hydrogen-bond acceptors (Lipinski definition) is 2. The molecule has 0 saturated carbocycles. The molecule has 3 rings (SSSR count). The molecule has 1 aliphatic rings. The fourth-order valence-corrected chi connectivity index (χ4v) is 2.58. The van der Waals surface area contributed by atoms with Gasteiger partial charge in [-0.25, -0.2) is 9.37 Å². The summed E-state index contributed by atoms with van der Waals surface area (Å²) in [7, 11) is 0. The molecule has 0 aliphatic carbocycles. The van der Waals surface area contributed by atoms with E-state index >= 15 is 0 Å². The third-order valence-corrected chi connectivity index (χ3v) is 3.43. The Kier molecular flexibility index (Phi) is 2.34. The predicted octanol–water partition coefficient (Wildman–Crippen LogP) is 2.61. The topological polar surface area (TPSA) is 27.1 Å². The van der Waals surface area contributed by atoms with Crippen LogP contribution in [0, 0.1) is 9.52 Å². The second-order valence-corrected chi connectivity index (χ2v) is 4.72. The van der Waals surface area contributed by atoms with Crippen LogP contribution in [0.3, 0.4) is 0 Å². The third-order valence-electron chi connectivity index (χ3n) is 2.63. The minimum absolute atomic E-state index is 0.0279. The van der Waals surface area contributed by atoms with Crippen molar-refractivity contribution in [3.8, 4) is 6.01 Å². The van der Waals surface area contributed by atoms with Crippen molar-refractivity contribution in [3.63, 3.8) is 0 Å². The lowest BCUT2D eigenvalue weighted by molar-refractivity contribution is 0.331. The maximum absolute atomic E-state index is 13.2. The second kappa shape index (κ2) is 3.73. The van der Waals surface area contributed by atoms with Crippen LogP contribution in [0.15, 0.2) is 30.5 Å². The highest BCUT2D eigenvalue weighted by atomic mass is 127. The van der Waals surface area contributed by atoms with Crippen molar-refractivity contribution in [2.45, 2.75) is 6.04 Å². The Bertz CT molecular complexity index is 541. The molecule has 1 aromatic heterocycles. The third kappa shape index (κ3) is 1.50. The van der Waals surface area contributed by atoms with Crippen molar-refractivity contribution < 1.29 is 9.13 Å². The molecule has 0 radical (unpaired) electrons. The zero-order valence-corrected chi connectivity index (χ0v) is 10.4. The Morgan fingerprint density at radius 3 is 3.19 bits per heavy atom. The number of rotatable bonds is 1. The second-order valence-electron chi connectivity index (χ2n) is 3.62. The van der Waals surface area contributed by atoms with Crippen LogP contribution >= 0.6 is 22.6 Å². The van der Waals surface area contributed by atoms with Crippen LogP contribution < -0.4 is 4.74 Å². The highest BCUT2D eigenvalue weighted by Gasteiger charge is 2.28. The number of fused-ring (bicyclic) bond motifs is 1. The molecule has 0 bridgehead atoms. The zero-order chi connectivity index (χ0) is 11.1. The van der Waals surface area contributed by atoms with E-state index in [4.69, 9.17) is 4.74 Å². The van der Waals surface area contributed by atoms with Crippen LogP contribution in [0.5, 0.6) is 6.01 Å². The van der Waals surface area contributed by atoms with E-state index in [1.807, 2.05) is 10.6 Å². The molecule has 1 atom stereocenters. The van der Waals surface area contributed by atoms with E-state index in [0.717, 1.165) is 9.26 Å². The molecule has 0 N–H and O–H groups in total. The Hall–Kier alpha value is -1.11. The van der Waals surface area contributed by atoms with Gasteiger partial charge in [-0.15, -0.1) is 0 Å². The Balaban J connectivity index is 2.07. The molecule has 2 aromatic rings. The maximum Gasteiger partial charge on any atom is 0.297 e. The first-order valence-corrected chi connectivity index (χ1v) is 5.94. The lowest BCUT2D eigenvalue weighted by atomic mass is 10.1. The van der Waals surface area contributed by atoms with Gasteiger partial charge in [-0.3, -0.25) is 4.57 Å². The van der Waals surface area contributed by atoms with Crippen LogP contribution in [-0.4, -0.2) is 16.2 Å². The van der Waals surface area contributed by atoms with Gasteiger partial charge < -0.3 is 4.74 Å². The molecule has 0 fully saturated rings.